The minimum absolute atomic E-state index is 0.325. The number of halogens is 1. The van der Waals surface area contributed by atoms with Crippen LogP contribution in [-0.4, -0.2) is 18.2 Å². The van der Waals surface area contributed by atoms with Gasteiger partial charge in [0.25, 0.3) is 0 Å². The van der Waals surface area contributed by atoms with Crippen LogP contribution in [0.25, 0.3) is 0 Å². The predicted molar refractivity (Wildman–Crippen MR) is 80.3 cm³/mol. The number of hydrogen-bond acceptors (Lipinski definition) is 4. The molecule has 110 valence electrons. The van der Waals surface area contributed by atoms with Gasteiger partial charge in [0.05, 0.1) is 12.7 Å². The van der Waals surface area contributed by atoms with Crippen molar-refractivity contribution in [3.63, 3.8) is 0 Å². The zero-order valence-corrected chi connectivity index (χ0v) is 12.1. The first kappa shape index (κ1) is 15.2. The highest BCUT2D eigenvalue weighted by Gasteiger charge is 2.11. The van der Waals surface area contributed by atoms with Crippen LogP contribution in [0.3, 0.4) is 0 Å². The number of thioether (sulfide) groups is 1. The lowest BCUT2D eigenvalue weighted by molar-refractivity contribution is 0.0692. The second kappa shape index (κ2) is 6.49. The SMILES string of the molecule is COc1cc(N)ccc1SCc1ccc(C(=O)O)c(F)c1. The van der Waals surface area contributed by atoms with E-state index in [9.17, 15) is 9.18 Å². The van der Waals surface area contributed by atoms with E-state index in [-0.39, 0.29) is 5.56 Å². The molecule has 0 aliphatic heterocycles. The summed E-state index contributed by atoms with van der Waals surface area (Å²) in [5.74, 6) is -0.851. The van der Waals surface area contributed by atoms with E-state index in [2.05, 4.69) is 0 Å². The highest BCUT2D eigenvalue weighted by Crippen LogP contribution is 2.33. The molecule has 2 aromatic carbocycles. The highest BCUT2D eigenvalue weighted by atomic mass is 32.2. The van der Waals surface area contributed by atoms with E-state index in [0.717, 1.165) is 4.90 Å². The first-order valence-corrected chi connectivity index (χ1v) is 7.08. The molecule has 0 unspecified atom stereocenters. The zero-order valence-electron chi connectivity index (χ0n) is 11.3. The third kappa shape index (κ3) is 3.66. The van der Waals surface area contributed by atoms with Gasteiger partial charge in [0.2, 0.25) is 0 Å². The summed E-state index contributed by atoms with van der Waals surface area (Å²) in [6, 6.07) is 9.42. The molecule has 0 atom stereocenters. The van der Waals surface area contributed by atoms with Crippen molar-refractivity contribution >= 4 is 23.4 Å². The van der Waals surface area contributed by atoms with Crippen LogP contribution >= 0.6 is 11.8 Å². The maximum atomic E-state index is 13.6. The molecule has 2 aromatic rings. The Labute approximate surface area is 125 Å². The fourth-order valence-corrected chi connectivity index (χ4v) is 2.74. The number of carboxylic acid groups (broad SMARTS) is 1. The Hall–Kier alpha value is -2.21. The summed E-state index contributed by atoms with van der Waals surface area (Å²) < 4.78 is 18.8. The van der Waals surface area contributed by atoms with Gasteiger partial charge in [-0.3, -0.25) is 0 Å². The molecule has 0 radical (unpaired) electrons. The number of nitrogens with two attached hydrogens (primary N) is 1. The van der Waals surface area contributed by atoms with Crippen LogP contribution in [0.15, 0.2) is 41.3 Å². The summed E-state index contributed by atoms with van der Waals surface area (Å²) >= 11 is 1.46. The van der Waals surface area contributed by atoms with E-state index in [1.165, 1.54) is 23.9 Å². The maximum Gasteiger partial charge on any atom is 0.338 e. The Morgan fingerprint density at radius 3 is 2.71 bits per heavy atom. The molecule has 0 aliphatic carbocycles. The van der Waals surface area contributed by atoms with Crippen molar-refractivity contribution in [3.8, 4) is 5.75 Å². The van der Waals surface area contributed by atoms with Gasteiger partial charge in [0, 0.05) is 22.4 Å². The third-order valence-corrected chi connectivity index (χ3v) is 3.97. The topological polar surface area (TPSA) is 72.5 Å². The van der Waals surface area contributed by atoms with E-state index >= 15 is 0 Å². The molecule has 0 aliphatic rings. The zero-order chi connectivity index (χ0) is 15.4. The van der Waals surface area contributed by atoms with Crippen molar-refractivity contribution < 1.29 is 19.0 Å². The molecule has 0 saturated carbocycles. The van der Waals surface area contributed by atoms with Gasteiger partial charge < -0.3 is 15.6 Å². The van der Waals surface area contributed by atoms with Gasteiger partial charge >= 0.3 is 5.97 Å². The first-order chi connectivity index (χ1) is 10.0. The lowest BCUT2D eigenvalue weighted by atomic mass is 10.1. The second-order valence-corrected chi connectivity index (χ2v) is 5.34. The number of benzene rings is 2. The first-order valence-electron chi connectivity index (χ1n) is 6.09. The van der Waals surface area contributed by atoms with Crippen molar-refractivity contribution in [1.82, 2.24) is 0 Å². The van der Waals surface area contributed by atoms with Gasteiger partial charge in [-0.1, -0.05) is 6.07 Å². The Morgan fingerprint density at radius 1 is 1.33 bits per heavy atom. The largest absolute Gasteiger partial charge is 0.496 e. The van der Waals surface area contributed by atoms with Gasteiger partial charge in [-0.05, 0) is 29.8 Å². The van der Waals surface area contributed by atoms with E-state index in [4.69, 9.17) is 15.6 Å². The third-order valence-electron chi connectivity index (χ3n) is 2.85. The van der Waals surface area contributed by atoms with Crippen LogP contribution in [0.5, 0.6) is 5.75 Å². The van der Waals surface area contributed by atoms with E-state index in [0.29, 0.717) is 22.8 Å². The van der Waals surface area contributed by atoms with E-state index < -0.39 is 11.8 Å². The van der Waals surface area contributed by atoms with Crippen LogP contribution < -0.4 is 10.5 Å². The predicted octanol–water partition coefficient (Wildman–Crippen LogP) is 3.41. The molecular formula is C15H14FNO3S. The maximum absolute atomic E-state index is 13.6. The monoisotopic (exact) mass is 307 g/mol. The molecule has 21 heavy (non-hydrogen) atoms. The number of methoxy groups -OCH3 is 1. The lowest BCUT2D eigenvalue weighted by Gasteiger charge is -2.09. The highest BCUT2D eigenvalue weighted by molar-refractivity contribution is 7.98. The summed E-state index contributed by atoms with van der Waals surface area (Å²) in [4.78, 5) is 11.6. The number of aromatic carboxylic acids is 1. The fourth-order valence-electron chi connectivity index (χ4n) is 1.79. The number of rotatable bonds is 5. The molecule has 4 nitrogen and oxygen atoms in total. The summed E-state index contributed by atoms with van der Waals surface area (Å²) in [6.07, 6.45) is 0. The molecule has 2 rings (SSSR count). The molecule has 0 spiro atoms. The van der Waals surface area contributed by atoms with Gasteiger partial charge in [-0.15, -0.1) is 11.8 Å². The van der Waals surface area contributed by atoms with Crippen molar-refractivity contribution in [1.29, 1.82) is 0 Å². The summed E-state index contributed by atoms with van der Waals surface area (Å²) in [5.41, 5.74) is 6.66. The number of hydrogen-bond donors (Lipinski definition) is 2. The smallest absolute Gasteiger partial charge is 0.338 e. The van der Waals surface area contributed by atoms with Crippen molar-refractivity contribution in [2.75, 3.05) is 12.8 Å². The van der Waals surface area contributed by atoms with Crippen molar-refractivity contribution in [3.05, 3.63) is 53.3 Å². The van der Waals surface area contributed by atoms with Crippen LogP contribution in [0.4, 0.5) is 10.1 Å². The number of anilines is 1. The molecule has 3 N–H and O–H groups in total. The van der Waals surface area contributed by atoms with Crippen molar-refractivity contribution in [2.45, 2.75) is 10.6 Å². The summed E-state index contributed by atoms with van der Waals surface area (Å²) in [7, 11) is 1.56. The molecule has 0 fully saturated rings. The van der Waals surface area contributed by atoms with E-state index in [1.807, 2.05) is 6.07 Å². The molecule has 0 aromatic heterocycles. The molecular weight excluding hydrogens is 293 g/mol. The van der Waals surface area contributed by atoms with Crippen LogP contribution in [0, 0.1) is 5.82 Å². The van der Waals surface area contributed by atoms with Crippen molar-refractivity contribution in [2.24, 2.45) is 0 Å². The van der Waals surface area contributed by atoms with Crippen LogP contribution in [-0.2, 0) is 5.75 Å². The molecule has 0 heterocycles. The summed E-state index contributed by atoms with van der Waals surface area (Å²) in [6.45, 7) is 0. The normalized spacial score (nSPS) is 10.4. The molecule has 0 amide bonds. The van der Waals surface area contributed by atoms with Gasteiger partial charge in [0.1, 0.15) is 11.6 Å². The molecule has 6 heteroatoms. The number of carboxylic acids is 1. The quantitative estimate of drug-likeness (QED) is 0.654. The Morgan fingerprint density at radius 2 is 2.10 bits per heavy atom. The Balaban J connectivity index is 2.13. The Bertz CT molecular complexity index is 676. The van der Waals surface area contributed by atoms with Gasteiger partial charge in [-0.25, -0.2) is 9.18 Å². The molecule has 0 saturated heterocycles. The van der Waals surface area contributed by atoms with E-state index in [1.54, 1.807) is 25.3 Å². The van der Waals surface area contributed by atoms with Crippen LogP contribution in [0.2, 0.25) is 0 Å². The fraction of sp³-hybridized carbons (Fsp3) is 0.133. The van der Waals surface area contributed by atoms with Crippen LogP contribution in [0.1, 0.15) is 15.9 Å². The Kier molecular flexibility index (Phi) is 4.70. The summed E-state index contributed by atoms with van der Waals surface area (Å²) in [5, 5.41) is 8.79. The van der Waals surface area contributed by atoms with Gasteiger partial charge in [0.15, 0.2) is 0 Å². The number of nitrogen functional groups attached to an aromatic ring is 1. The lowest BCUT2D eigenvalue weighted by Crippen LogP contribution is -2.00. The van der Waals surface area contributed by atoms with Gasteiger partial charge in [-0.2, -0.15) is 0 Å². The number of carbonyl (C=O) groups is 1. The molecule has 0 bridgehead atoms. The average Bonchev–Trinajstić information content (AvgIpc) is 2.45. The minimum Gasteiger partial charge on any atom is -0.496 e. The average molecular weight is 307 g/mol. The minimum atomic E-state index is -1.27. The number of ether oxygens (including phenoxy) is 1. The standard InChI is InChI=1S/C15H14FNO3S/c1-20-13-7-10(17)3-5-14(13)21-8-9-2-4-11(15(18)19)12(16)6-9/h2-7H,8,17H2,1H3,(H,18,19). The second-order valence-electron chi connectivity index (χ2n) is 4.32.